The first kappa shape index (κ1) is 24.5. The molecule has 0 aliphatic heterocycles. The fraction of sp³-hybridized carbons (Fsp3) is 0.292. The van der Waals surface area contributed by atoms with E-state index in [1.165, 1.54) is 26.4 Å². The first-order valence-electron chi connectivity index (χ1n) is 9.82. The number of benzene rings is 2. The van der Waals surface area contributed by atoms with Gasteiger partial charge in [-0.3, -0.25) is 4.79 Å². The van der Waals surface area contributed by atoms with E-state index in [-0.39, 0.29) is 11.3 Å². The summed E-state index contributed by atoms with van der Waals surface area (Å²) in [6, 6.07) is 11.6. The molecule has 0 heterocycles. The first-order chi connectivity index (χ1) is 15.1. The van der Waals surface area contributed by atoms with Crippen LogP contribution in [0.3, 0.4) is 0 Å². The molecule has 32 heavy (non-hydrogen) atoms. The molecule has 1 N–H and O–H groups in total. The van der Waals surface area contributed by atoms with E-state index in [9.17, 15) is 14.4 Å². The summed E-state index contributed by atoms with van der Waals surface area (Å²) in [5.74, 6) is -0.755. The highest BCUT2D eigenvalue weighted by atomic mass is 16.6. The number of esters is 2. The van der Waals surface area contributed by atoms with Crippen LogP contribution in [0.4, 0.5) is 5.69 Å². The molecule has 170 valence electrons. The summed E-state index contributed by atoms with van der Waals surface area (Å²) in [6.07, 6.45) is 2.92. The lowest BCUT2D eigenvalue weighted by Crippen LogP contribution is -2.27. The van der Waals surface area contributed by atoms with Crippen molar-refractivity contribution in [2.75, 3.05) is 26.1 Å². The molecule has 0 bridgehead atoms. The van der Waals surface area contributed by atoms with Crippen molar-refractivity contribution in [2.24, 2.45) is 0 Å². The SMILES string of the molecule is COc1ccc(/C=C/C(=O)Nc2ccccc2C(=O)OCC(=O)OC(C)(C)C)cc1OC. The molecule has 0 atom stereocenters. The molecule has 0 aliphatic rings. The number of carbonyl (C=O) groups is 3. The van der Waals surface area contributed by atoms with Gasteiger partial charge in [-0.1, -0.05) is 18.2 Å². The quantitative estimate of drug-likeness (QED) is 0.490. The third kappa shape index (κ3) is 7.46. The highest BCUT2D eigenvalue weighted by Gasteiger charge is 2.19. The van der Waals surface area contributed by atoms with Crippen LogP contribution in [0.5, 0.6) is 11.5 Å². The molecule has 2 rings (SSSR count). The molecule has 0 aromatic heterocycles. The van der Waals surface area contributed by atoms with Crippen molar-refractivity contribution in [2.45, 2.75) is 26.4 Å². The third-order valence-corrected chi connectivity index (χ3v) is 3.98. The minimum Gasteiger partial charge on any atom is -0.493 e. The fourth-order valence-corrected chi connectivity index (χ4v) is 2.65. The van der Waals surface area contributed by atoms with Crippen molar-refractivity contribution in [3.63, 3.8) is 0 Å². The Morgan fingerprint density at radius 2 is 1.66 bits per heavy atom. The zero-order chi connectivity index (χ0) is 23.7. The van der Waals surface area contributed by atoms with E-state index in [2.05, 4.69) is 5.32 Å². The van der Waals surface area contributed by atoms with Crippen molar-refractivity contribution in [3.8, 4) is 11.5 Å². The van der Waals surface area contributed by atoms with Gasteiger partial charge in [-0.15, -0.1) is 0 Å². The predicted octanol–water partition coefficient (Wildman–Crippen LogP) is 3.85. The molecule has 0 saturated heterocycles. The van der Waals surface area contributed by atoms with E-state index in [4.69, 9.17) is 18.9 Å². The number of hydrogen-bond donors (Lipinski definition) is 1. The van der Waals surface area contributed by atoms with Gasteiger partial charge >= 0.3 is 11.9 Å². The topological polar surface area (TPSA) is 100 Å². The molecule has 0 radical (unpaired) electrons. The maximum atomic E-state index is 12.4. The Balaban J connectivity index is 2.04. The van der Waals surface area contributed by atoms with Gasteiger partial charge in [-0.25, -0.2) is 9.59 Å². The number of rotatable bonds is 8. The number of nitrogens with one attached hydrogen (secondary N) is 1. The predicted molar refractivity (Wildman–Crippen MR) is 120 cm³/mol. The monoisotopic (exact) mass is 441 g/mol. The summed E-state index contributed by atoms with van der Waals surface area (Å²) in [6.45, 7) is 4.62. The molecule has 8 nitrogen and oxygen atoms in total. The third-order valence-electron chi connectivity index (χ3n) is 3.98. The second kappa shape index (κ2) is 11.0. The zero-order valence-electron chi connectivity index (χ0n) is 18.8. The molecular weight excluding hydrogens is 414 g/mol. The lowest BCUT2D eigenvalue weighted by molar-refractivity contribution is -0.158. The van der Waals surface area contributed by atoms with Gasteiger partial charge in [0.15, 0.2) is 18.1 Å². The summed E-state index contributed by atoms with van der Waals surface area (Å²) >= 11 is 0. The number of ether oxygens (including phenoxy) is 4. The zero-order valence-corrected chi connectivity index (χ0v) is 18.8. The molecule has 0 fully saturated rings. The highest BCUT2D eigenvalue weighted by Crippen LogP contribution is 2.28. The molecule has 1 amide bonds. The van der Waals surface area contributed by atoms with Gasteiger partial charge in [-0.2, -0.15) is 0 Å². The van der Waals surface area contributed by atoms with E-state index in [0.717, 1.165) is 5.56 Å². The summed E-state index contributed by atoms with van der Waals surface area (Å²) in [5, 5.41) is 2.64. The van der Waals surface area contributed by atoms with Crippen LogP contribution >= 0.6 is 0 Å². The lowest BCUT2D eigenvalue weighted by Gasteiger charge is -2.19. The maximum absolute atomic E-state index is 12.4. The number of methoxy groups -OCH3 is 2. The minimum absolute atomic E-state index is 0.115. The van der Waals surface area contributed by atoms with Crippen LogP contribution in [-0.4, -0.2) is 44.3 Å². The van der Waals surface area contributed by atoms with Gasteiger partial charge in [0.2, 0.25) is 5.91 Å². The van der Waals surface area contributed by atoms with Crippen LogP contribution in [0.25, 0.3) is 6.08 Å². The Kier molecular flexibility index (Phi) is 8.40. The Bertz CT molecular complexity index is 1010. The number of carbonyl (C=O) groups excluding carboxylic acids is 3. The van der Waals surface area contributed by atoms with Gasteiger partial charge in [0.1, 0.15) is 5.60 Å². The largest absolute Gasteiger partial charge is 0.493 e. The van der Waals surface area contributed by atoms with Gasteiger partial charge in [0.25, 0.3) is 0 Å². The summed E-state index contributed by atoms with van der Waals surface area (Å²) in [7, 11) is 3.06. The number of amides is 1. The van der Waals surface area contributed by atoms with E-state index < -0.39 is 30.1 Å². The molecular formula is C24H27NO7. The van der Waals surface area contributed by atoms with Gasteiger partial charge in [0, 0.05) is 6.08 Å². The first-order valence-corrected chi connectivity index (χ1v) is 9.82. The van der Waals surface area contributed by atoms with Crippen molar-refractivity contribution >= 4 is 29.6 Å². The van der Waals surface area contributed by atoms with Crippen LogP contribution in [-0.2, 0) is 19.1 Å². The summed E-state index contributed by atoms with van der Waals surface area (Å²) in [5.41, 5.74) is 0.408. The minimum atomic E-state index is -0.754. The summed E-state index contributed by atoms with van der Waals surface area (Å²) in [4.78, 5) is 36.6. The fourth-order valence-electron chi connectivity index (χ4n) is 2.65. The van der Waals surface area contributed by atoms with Gasteiger partial charge < -0.3 is 24.3 Å². The Morgan fingerprint density at radius 1 is 0.969 bits per heavy atom. The molecule has 0 aliphatic carbocycles. The standard InChI is InChI=1S/C24H27NO7/c1-24(2,3)32-22(27)15-31-23(28)17-8-6-7-9-18(17)25-21(26)13-11-16-10-12-19(29-4)20(14-16)30-5/h6-14H,15H2,1-5H3,(H,25,26)/b13-11+. The average Bonchev–Trinajstić information content (AvgIpc) is 2.75. The smallest absolute Gasteiger partial charge is 0.344 e. The van der Waals surface area contributed by atoms with E-state index in [1.54, 1.807) is 63.2 Å². The van der Waals surface area contributed by atoms with Crippen molar-refractivity contribution in [1.82, 2.24) is 0 Å². The lowest BCUT2D eigenvalue weighted by atomic mass is 10.1. The highest BCUT2D eigenvalue weighted by molar-refractivity contribution is 6.06. The van der Waals surface area contributed by atoms with Gasteiger partial charge in [0.05, 0.1) is 25.5 Å². The van der Waals surface area contributed by atoms with E-state index in [0.29, 0.717) is 11.5 Å². The second-order valence-corrected chi connectivity index (χ2v) is 7.65. The van der Waals surface area contributed by atoms with E-state index in [1.807, 2.05) is 0 Å². The average molecular weight is 441 g/mol. The van der Waals surface area contributed by atoms with Crippen molar-refractivity contribution in [3.05, 3.63) is 59.7 Å². The van der Waals surface area contributed by atoms with Crippen LogP contribution in [0, 0.1) is 0 Å². The van der Waals surface area contributed by atoms with E-state index >= 15 is 0 Å². The molecule has 2 aromatic rings. The molecule has 0 unspecified atom stereocenters. The van der Waals surface area contributed by atoms with Crippen LogP contribution < -0.4 is 14.8 Å². The van der Waals surface area contributed by atoms with Crippen molar-refractivity contribution in [1.29, 1.82) is 0 Å². The number of para-hydroxylation sites is 1. The Labute approximate surface area is 187 Å². The Hall–Kier alpha value is -3.81. The van der Waals surface area contributed by atoms with Crippen LogP contribution in [0.1, 0.15) is 36.7 Å². The van der Waals surface area contributed by atoms with Gasteiger partial charge in [-0.05, 0) is 56.7 Å². The second-order valence-electron chi connectivity index (χ2n) is 7.65. The molecule has 0 saturated carbocycles. The Morgan fingerprint density at radius 3 is 2.31 bits per heavy atom. The molecule has 8 heteroatoms. The molecule has 2 aromatic carbocycles. The molecule has 0 spiro atoms. The van der Waals surface area contributed by atoms with Crippen LogP contribution in [0.15, 0.2) is 48.5 Å². The maximum Gasteiger partial charge on any atom is 0.344 e. The van der Waals surface area contributed by atoms with Crippen molar-refractivity contribution < 1.29 is 33.3 Å². The number of hydrogen-bond acceptors (Lipinski definition) is 7. The summed E-state index contributed by atoms with van der Waals surface area (Å²) < 4.78 is 20.6. The number of anilines is 1. The van der Waals surface area contributed by atoms with Crippen LogP contribution in [0.2, 0.25) is 0 Å². The normalized spacial score (nSPS) is 11.0.